The summed E-state index contributed by atoms with van der Waals surface area (Å²) >= 11 is 0. The summed E-state index contributed by atoms with van der Waals surface area (Å²) in [5.74, 6) is 0.548. The van der Waals surface area contributed by atoms with Gasteiger partial charge in [0.2, 0.25) is 0 Å². The highest BCUT2D eigenvalue weighted by Crippen LogP contribution is 2.33. The van der Waals surface area contributed by atoms with Crippen LogP contribution >= 0.6 is 0 Å². The highest BCUT2D eigenvalue weighted by atomic mass is 16.5. The molecule has 1 aromatic heterocycles. The molecule has 0 spiro atoms. The number of anilines is 1. The maximum absolute atomic E-state index is 12.2. The molecule has 0 aliphatic carbocycles. The van der Waals surface area contributed by atoms with Gasteiger partial charge in [0.25, 0.3) is 0 Å². The molecule has 0 saturated carbocycles. The van der Waals surface area contributed by atoms with Gasteiger partial charge in [-0.25, -0.2) is 0 Å². The maximum atomic E-state index is 12.2. The molecule has 3 aromatic carbocycles. The minimum Gasteiger partial charge on any atom is -0.486 e. The standard InChI is InChI=1S/C30H32N2O3/c1-20-10-6-7-11-25(20)29(19-30(33)34-5)32(4)23-14-16-24(17-15-23)35-22(3)27-18-21(2)31-28-13-9-8-12-26(27)28/h6-18,22,29H,19H2,1-5H3. The third kappa shape index (κ3) is 5.46. The van der Waals surface area contributed by atoms with Crippen molar-refractivity contribution in [1.82, 2.24) is 4.98 Å². The molecule has 4 aromatic rings. The Morgan fingerprint density at radius 3 is 2.34 bits per heavy atom. The van der Waals surface area contributed by atoms with Crippen molar-refractivity contribution in [3.05, 3.63) is 101 Å². The Morgan fingerprint density at radius 1 is 0.943 bits per heavy atom. The number of esters is 1. The van der Waals surface area contributed by atoms with E-state index in [1.54, 1.807) is 0 Å². The van der Waals surface area contributed by atoms with Crippen molar-refractivity contribution in [3.8, 4) is 5.75 Å². The number of hydrogen-bond acceptors (Lipinski definition) is 5. The number of benzene rings is 3. The first kappa shape index (κ1) is 24.3. The summed E-state index contributed by atoms with van der Waals surface area (Å²) in [6.45, 7) is 6.13. The lowest BCUT2D eigenvalue weighted by atomic mass is 9.97. The molecule has 0 aliphatic heterocycles. The van der Waals surface area contributed by atoms with Gasteiger partial charge in [0.05, 0.1) is 25.1 Å². The topological polar surface area (TPSA) is 51.7 Å². The van der Waals surface area contributed by atoms with Crippen molar-refractivity contribution < 1.29 is 14.3 Å². The van der Waals surface area contributed by atoms with Crippen LogP contribution in [0.3, 0.4) is 0 Å². The van der Waals surface area contributed by atoms with Gasteiger partial charge < -0.3 is 14.4 Å². The first-order valence-electron chi connectivity index (χ1n) is 11.9. The lowest BCUT2D eigenvalue weighted by Crippen LogP contribution is -2.27. The van der Waals surface area contributed by atoms with E-state index in [0.717, 1.165) is 44.7 Å². The summed E-state index contributed by atoms with van der Waals surface area (Å²) in [5.41, 5.74) is 6.30. The molecule has 4 rings (SSSR count). The second kappa shape index (κ2) is 10.6. The summed E-state index contributed by atoms with van der Waals surface area (Å²) in [5, 5.41) is 1.10. The van der Waals surface area contributed by atoms with Crippen LogP contribution in [-0.4, -0.2) is 25.1 Å². The quantitative estimate of drug-likeness (QED) is 0.268. The van der Waals surface area contributed by atoms with Crippen LogP contribution in [0.2, 0.25) is 0 Å². The molecule has 0 aliphatic rings. The zero-order chi connectivity index (χ0) is 24.9. The number of rotatable bonds is 8. The second-order valence-corrected chi connectivity index (χ2v) is 8.89. The molecule has 5 heteroatoms. The zero-order valence-corrected chi connectivity index (χ0v) is 21.0. The van der Waals surface area contributed by atoms with Crippen LogP contribution in [0.15, 0.2) is 78.9 Å². The molecule has 35 heavy (non-hydrogen) atoms. The minimum absolute atomic E-state index is 0.135. The summed E-state index contributed by atoms with van der Waals surface area (Å²) in [7, 11) is 3.43. The summed E-state index contributed by atoms with van der Waals surface area (Å²) in [4.78, 5) is 19.0. The van der Waals surface area contributed by atoms with Crippen molar-refractivity contribution in [1.29, 1.82) is 0 Å². The fraction of sp³-hybridized carbons (Fsp3) is 0.267. The number of fused-ring (bicyclic) bond motifs is 1. The summed E-state index contributed by atoms with van der Waals surface area (Å²) in [6, 6.07) is 26.3. The van der Waals surface area contributed by atoms with Crippen molar-refractivity contribution >= 4 is 22.6 Å². The molecular formula is C30H32N2O3. The molecule has 2 unspecified atom stereocenters. The van der Waals surface area contributed by atoms with E-state index in [1.165, 1.54) is 7.11 Å². The van der Waals surface area contributed by atoms with E-state index in [1.807, 2.05) is 68.6 Å². The van der Waals surface area contributed by atoms with Crippen LogP contribution in [-0.2, 0) is 9.53 Å². The first-order valence-corrected chi connectivity index (χ1v) is 11.9. The van der Waals surface area contributed by atoms with E-state index >= 15 is 0 Å². The highest BCUT2D eigenvalue weighted by Gasteiger charge is 2.23. The number of nitrogens with zero attached hydrogens (tertiary/aromatic N) is 2. The highest BCUT2D eigenvalue weighted by molar-refractivity contribution is 5.82. The van der Waals surface area contributed by atoms with Crippen molar-refractivity contribution in [2.24, 2.45) is 0 Å². The Labute approximate surface area is 207 Å². The average Bonchev–Trinajstić information content (AvgIpc) is 2.87. The van der Waals surface area contributed by atoms with Gasteiger partial charge in [0, 0.05) is 29.4 Å². The van der Waals surface area contributed by atoms with Gasteiger partial charge >= 0.3 is 5.97 Å². The van der Waals surface area contributed by atoms with E-state index in [9.17, 15) is 4.79 Å². The number of para-hydroxylation sites is 1. The first-order chi connectivity index (χ1) is 16.9. The summed E-state index contributed by atoms with van der Waals surface area (Å²) in [6.07, 6.45) is 0.131. The van der Waals surface area contributed by atoms with Crippen molar-refractivity contribution in [3.63, 3.8) is 0 Å². The lowest BCUT2D eigenvalue weighted by molar-refractivity contribution is -0.141. The lowest BCUT2D eigenvalue weighted by Gasteiger charge is -2.31. The Morgan fingerprint density at radius 2 is 1.63 bits per heavy atom. The van der Waals surface area contributed by atoms with E-state index < -0.39 is 0 Å². The zero-order valence-electron chi connectivity index (χ0n) is 21.0. The molecule has 2 atom stereocenters. The Balaban J connectivity index is 1.56. The number of ether oxygens (including phenoxy) is 2. The molecule has 0 saturated heterocycles. The van der Waals surface area contributed by atoms with Crippen LogP contribution in [0.5, 0.6) is 5.75 Å². The van der Waals surface area contributed by atoms with Crippen LogP contribution in [0.1, 0.15) is 47.9 Å². The molecule has 0 amide bonds. The number of aryl methyl sites for hydroxylation is 2. The van der Waals surface area contributed by atoms with Crippen LogP contribution in [0.4, 0.5) is 5.69 Å². The van der Waals surface area contributed by atoms with Gasteiger partial charge in [-0.05, 0) is 68.3 Å². The number of aromatic nitrogens is 1. The minimum atomic E-state index is -0.237. The van der Waals surface area contributed by atoms with Gasteiger partial charge in [-0.15, -0.1) is 0 Å². The normalized spacial score (nSPS) is 12.7. The number of methoxy groups -OCH3 is 1. The van der Waals surface area contributed by atoms with Crippen LogP contribution < -0.4 is 9.64 Å². The smallest absolute Gasteiger partial charge is 0.307 e. The molecular weight excluding hydrogens is 436 g/mol. The number of pyridine rings is 1. The third-order valence-corrected chi connectivity index (χ3v) is 6.47. The van der Waals surface area contributed by atoms with Crippen molar-refractivity contribution in [2.45, 2.75) is 39.3 Å². The number of carbonyl (C=O) groups excluding carboxylic acids is 1. The Kier molecular flexibility index (Phi) is 7.35. The molecule has 0 fully saturated rings. The maximum Gasteiger partial charge on any atom is 0.307 e. The Bertz CT molecular complexity index is 1320. The number of carbonyl (C=O) groups is 1. The third-order valence-electron chi connectivity index (χ3n) is 6.47. The van der Waals surface area contributed by atoms with Gasteiger partial charge in [0.1, 0.15) is 11.9 Å². The fourth-order valence-electron chi connectivity index (χ4n) is 4.54. The molecule has 0 N–H and O–H groups in total. The van der Waals surface area contributed by atoms with Gasteiger partial charge in [-0.2, -0.15) is 0 Å². The largest absolute Gasteiger partial charge is 0.486 e. The predicted octanol–water partition coefficient (Wildman–Crippen LogP) is 6.73. The van der Waals surface area contributed by atoms with Gasteiger partial charge in [-0.1, -0.05) is 42.5 Å². The van der Waals surface area contributed by atoms with Gasteiger partial charge in [-0.3, -0.25) is 9.78 Å². The van der Waals surface area contributed by atoms with E-state index in [0.29, 0.717) is 0 Å². The molecule has 180 valence electrons. The average molecular weight is 469 g/mol. The van der Waals surface area contributed by atoms with Gasteiger partial charge in [0.15, 0.2) is 0 Å². The number of hydrogen-bond donors (Lipinski definition) is 0. The molecule has 0 radical (unpaired) electrons. The second-order valence-electron chi connectivity index (χ2n) is 8.89. The fourth-order valence-corrected chi connectivity index (χ4v) is 4.54. The molecule has 5 nitrogen and oxygen atoms in total. The van der Waals surface area contributed by atoms with Crippen LogP contribution in [0.25, 0.3) is 10.9 Å². The summed E-state index contributed by atoms with van der Waals surface area (Å²) < 4.78 is 11.3. The predicted molar refractivity (Wildman–Crippen MR) is 141 cm³/mol. The van der Waals surface area contributed by atoms with E-state index in [2.05, 4.69) is 48.0 Å². The Hall–Kier alpha value is -3.86. The monoisotopic (exact) mass is 468 g/mol. The molecule has 0 bridgehead atoms. The van der Waals surface area contributed by atoms with Crippen LogP contribution in [0, 0.1) is 13.8 Å². The van der Waals surface area contributed by atoms with E-state index in [4.69, 9.17) is 9.47 Å². The van der Waals surface area contributed by atoms with E-state index in [-0.39, 0.29) is 24.5 Å². The molecule has 1 heterocycles. The SMILES string of the molecule is COC(=O)CC(c1ccccc1C)N(C)c1ccc(OC(C)c2cc(C)nc3ccccc23)cc1. The van der Waals surface area contributed by atoms with Crippen molar-refractivity contribution in [2.75, 3.05) is 19.1 Å².